The molecular formula is C4H4N6S. The summed E-state index contributed by atoms with van der Waals surface area (Å²) in [6.45, 7) is 0. The lowest BCUT2D eigenvalue weighted by atomic mass is 10.3. The number of nitrogens with zero attached hydrogens (tertiary/aromatic N) is 4. The monoisotopic (exact) mass is 168 g/mol. The summed E-state index contributed by atoms with van der Waals surface area (Å²) in [6, 6.07) is 0. The second-order valence-corrected chi connectivity index (χ2v) is 2.43. The topological polar surface area (TPSA) is 78.8 Å². The molecule has 1 aromatic rings. The van der Waals surface area contributed by atoms with Crippen molar-refractivity contribution in [2.75, 3.05) is 0 Å². The van der Waals surface area contributed by atoms with E-state index in [2.05, 4.69) is 30.6 Å². The molecule has 6 nitrogen and oxygen atoms in total. The number of aromatic nitrogens is 4. The van der Waals surface area contributed by atoms with E-state index < -0.39 is 0 Å². The fraction of sp³-hybridized carbons (Fsp3) is 0. The average molecular weight is 168 g/mol. The molecule has 2 rings (SSSR count). The van der Waals surface area contributed by atoms with E-state index in [-0.39, 0.29) is 0 Å². The Morgan fingerprint density at radius 3 is 3.09 bits per heavy atom. The first-order valence-corrected chi connectivity index (χ1v) is 3.73. The van der Waals surface area contributed by atoms with Gasteiger partial charge in [-0.3, -0.25) is 0 Å². The maximum absolute atomic E-state index is 3.93. The molecule has 7 heteroatoms. The molecular weight excluding hydrogens is 164 g/mol. The minimum absolute atomic E-state index is 0.494. The van der Waals surface area contributed by atoms with E-state index >= 15 is 0 Å². The van der Waals surface area contributed by atoms with Gasteiger partial charge in [-0.25, -0.2) is 4.83 Å². The van der Waals surface area contributed by atoms with E-state index in [1.807, 2.05) is 11.5 Å². The fourth-order valence-electron chi connectivity index (χ4n) is 0.637. The molecule has 56 valence electrons. The molecule has 0 saturated heterocycles. The van der Waals surface area contributed by atoms with Gasteiger partial charge < -0.3 is 0 Å². The lowest BCUT2D eigenvalue weighted by Gasteiger charge is -2.00. The Kier molecular flexibility index (Phi) is 1.56. The third kappa shape index (κ3) is 1.22. The number of tetrazole rings is 1. The molecule has 0 spiro atoms. The van der Waals surface area contributed by atoms with Crippen LogP contribution in [0.3, 0.4) is 0 Å². The van der Waals surface area contributed by atoms with Crippen LogP contribution in [0.1, 0.15) is 5.82 Å². The van der Waals surface area contributed by atoms with Crippen molar-refractivity contribution in [3.8, 4) is 0 Å². The summed E-state index contributed by atoms with van der Waals surface area (Å²) < 4.78 is 0. The zero-order valence-electron chi connectivity index (χ0n) is 5.35. The predicted octanol–water partition coefficient (Wildman–Crippen LogP) is -0.331. The van der Waals surface area contributed by atoms with Gasteiger partial charge in [-0.15, -0.1) is 10.2 Å². The Morgan fingerprint density at radius 1 is 1.45 bits per heavy atom. The minimum atomic E-state index is 0.494. The lowest BCUT2D eigenvalue weighted by Crippen LogP contribution is -2.08. The van der Waals surface area contributed by atoms with Crippen molar-refractivity contribution in [2.24, 2.45) is 5.10 Å². The van der Waals surface area contributed by atoms with Crippen molar-refractivity contribution in [1.29, 1.82) is 0 Å². The van der Waals surface area contributed by atoms with Crippen LogP contribution in [-0.2, 0) is 0 Å². The van der Waals surface area contributed by atoms with Gasteiger partial charge >= 0.3 is 0 Å². The second-order valence-electron chi connectivity index (χ2n) is 1.74. The Hall–Kier alpha value is -1.37. The molecule has 0 atom stereocenters. The Bertz CT molecular complexity index is 288. The Labute approximate surface area is 66.3 Å². The van der Waals surface area contributed by atoms with E-state index in [0.717, 1.165) is 0 Å². The highest BCUT2D eigenvalue weighted by Gasteiger charge is 2.06. The van der Waals surface area contributed by atoms with Crippen LogP contribution >= 0.6 is 11.9 Å². The third-order valence-electron chi connectivity index (χ3n) is 1.09. The fourth-order valence-corrected chi connectivity index (χ4v) is 1.05. The van der Waals surface area contributed by atoms with Crippen LogP contribution in [0, 0.1) is 0 Å². The largest absolute Gasteiger partial charge is 0.247 e. The summed E-state index contributed by atoms with van der Waals surface area (Å²) in [5, 5.41) is 19.1. The van der Waals surface area contributed by atoms with Crippen molar-refractivity contribution in [3.63, 3.8) is 0 Å². The van der Waals surface area contributed by atoms with Gasteiger partial charge in [-0.2, -0.15) is 10.3 Å². The molecule has 2 N–H and O–H groups in total. The van der Waals surface area contributed by atoms with Gasteiger partial charge in [0.15, 0.2) is 0 Å². The molecule has 11 heavy (non-hydrogen) atoms. The molecule has 0 radical (unpaired) electrons. The van der Waals surface area contributed by atoms with Crippen LogP contribution in [-0.4, -0.2) is 26.3 Å². The average Bonchev–Trinajstić information content (AvgIpc) is 2.58. The van der Waals surface area contributed by atoms with E-state index in [1.54, 1.807) is 0 Å². The summed E-state index contributed by atoms with van der Waals surface area (Å²) >= 11 is 1.39. The van der Waals surface area contributed by atoms with Gasteiger partial charge in [0, 0.05) is 0 Å². The van der Waals surface area contributed by atoms with Crippen molar-refractivity contribution in [3.05, 3.63) is 17.3 Å². The summed E-state index contributed by atoms with van der Waals surface area (Å²) in [7, 11) is 0. The number of hydrogen-bond donors (Lipinski definition) is 2. The quantitative estimate of drug-likeness (QED) is 0.561. The van der Waals surface area contributed by atoms with Crippen LogP contribution in [0.15, 0.2) is 16.6 Å². The van der Waals surface area contributed by atoms with E-state index in [4.69, 9.17) is 0 Å². The van der Waals surface area contributed by atoms with E-state index in [1.165, 1.54) is 11.9 Å². The maximum atomic E-state index is 3.93. The molecule has 1 aliphatic rings. The van der Waals surface area contributed by atoms with Crippen molar-refractivity contribution in [2.45, 2.75) is 0 Å². The van der Waals surface area contributed by atoms with Gasteiger partial charge in [0.25, 0.3) is 0 Å². The summed E-state index contributed by atoms with van der Waals surface area (Å²) in [4.78, 5) is 2.72. The third-order valence-corrected chi connectivity index (χ3v) is 1.56. The molecule has 0 amide bonds. The molecule has 1 aliphatic heterocycles. The first-order valence-electron chi connectivity index (χ1n) is 2.85. The second kappa shape index (κ2) is 2.70. The van der Waals surface area contributed by atoms with Gasteiger partial charge in [0.2, 0.25) is 5.82 Å². The molecule has 0 bridgehead atoms. The number of allylic oxidation sites excluding steroid dienone is 1. The van der Waals surface area contributed by atoms with Crippen molar-refractivity contribution >= 4 is 17.7 Å². The highest BCUT2D eigenvalue weighted by Crippen LogP contribution is 2.04. The number of H-pyrrole nitrogens is 1. The summed E-state index contributed by atoms with van der Waals surface area (Å²) in [5.41, 5.74) is 0.678. The van der Waals surface area contributed by atoms with Crippen LogP contribution in [0.4, 0.5) is 0 Å². The predicted molar refractivity (Wildman–Crippen MR) is 40.6 cm³/mol. The van der Waals surface area contributed by atoms with Crippen LogP contribution in [0.5, 0.6) is 0 Å². The molecule has 0 unspecified atom stereocenters. The standard InChI is InChI=1S/C4H4N6S/c1-2-11-10-5-3(1)4-6-8-9-7-4/h1-2,10H,(H,6,7,8,9). The van der Waals surface area contributed by atoms with E-state index in [0.29, 0.717) is 11.5 Å². The van der Waals surface area contributed by atoms with Crippen LogP contribution in [0.25, 0.3) is 0 Å². The first kappa shape index (κ1) is 6.35. The number of nitrogens with one attached hydrogen (secondary N) is 2. The molecule has 0 fully saturated rings. The lowest BCUT2D eigenvalue weighted by molar-refractivity contribution is 0.881. The summed E-state index contributed by atoms with van der Waals surface area (Å²) in [6.07, 6.45) is 1.81. The van der Waals surface area contributed by atoms with Crippen molar-refractivity contribution in [1.82, 2.24) is 25.5 Å². The number of hydrogen-bond acceptors (Lipinski definition) is 6. The molecule has 1 aromatic heterocycles. The molecule has 0 aromatic carbocycles. The summed E-state index contributed by atoms with van der Waals surface area (Å²) in [5.74, 6) is 0.494. The Morgan fingerprint density at radius 2 is 2.45 bits per heavy atom. The molecule has 0 saturated carbocycles. The zero-order valence-corrected chi connectivity index (χ0v) is 6.17. The van der Waals surface area contributed by atoms with Crippen molar-refractivity contribution < 1.29 is 0 Å². The van der Waals surface area contributed by atoms with Gasteiger partial charge in [0.1, 0.15) is 5.71 Å². The van der Waals surface area contributed by atoms with Gasteiger partial charge in [-0.05, 0) is 28.6 Å². The number of aromatic amines is 1. The first-order chi connectivity index (χ1) is 5.47. The maximum Gasteiger partial charge on any atom is 0.224 e. The smallest absolute Gasteiger partial charge is 0.224 e. The van der Waals surface area contributed by atoms with Crippen LogP contribution < -0.4 is 4.83 Å². The zero-order chi connectivity index (χ0) is 7.52. The van der Waals surface area contributed by atoms with Gasteiger partial charge in [0.05, 0.1) is 0 Å². The number of rotatable bonds is 1. The van der Waals surface area contributed by atoms with E-state index in [9.17, 15) is 0 Å². The highest BCUT2D eigenvalue weighted by molar-refractivity contribution is 8.00. The SMILES string of the molecule is C1=CC(c2nn[nH]n2)=NNS1. The highest BCUT2D eigenvalue weighted by atomic mass is 32.2. The van der Waals surface area contributed by atoms with Gasteiger partial charge in [-0.1, -0.05) is 0 Å². The molecule has 2 heterocycles. The molecule has 0 aliphatic carbocycles. The minimum Gasteiger partial charge on any atom is -0.247 e. The Balaban J connectivity index is 2.29. The normalized spacial score (nSPS) is 15.8. The number of hydrazone groups is 1. The van der Waals surface area contributed by atoms with Crippen LogP contribution in [0.2, 0.25) is 0 Å².